The lowest BCUT2D eigenvalue weighted by Crippen LogP contribution is -2.21. The topological polar surface area (TPSA) is 0 Å². The molecule has 4 heteroatoms. The molecule has 0 aliphatic heterocycles. The lowest BCUT2D eigenvalue weighted by Gasteiger charge is -2.21. The normalized spacial score (nSPS) is 10.9. The molecule has 0 aromatic heterocycles. The Hall–Kier alpha value is -1.04. The second kappa shape index (κ2) is 7.02. The van der Waals surface area contributed by atoms with Crippen molar-refractivity contribution in [2.24, 2.45) is 0 Å². The molecule has 0 fully saturated rings. The standard InChI is InChI=1S/C18H12Cl3P/c19-15-11-12-16(18(21)17(15)20)22(13-7-3-1-4-8-13)14-9-5-2-6-10-14/h1-12H. The van der Waals surface area contributed by atoms with Gasteiger partial charge in [0, 0.05) is 5.30 Å². The van der Waals surface area contributed by atoms with Crippen LogP contribution >= 0.6 is 42.7 Å². The Morgan fingerprint density at radius 1 is 0.545 bits per heavy atom. The summed E-state index contributed by atoms with van der Waals surface area (Å²) in [5.74, 6) is 0. The van der Waals surface area contributed by atoms with Crippen LogP contribution in [0.15, 0.2) is 72.8 Å². The van der Waals surface area contributed by atoms with E-state index in [1.54, 1.807) is 0 Å². The van der Waals surface area contributed by atoms with Gasteiger partial charge in [-0.05, 0) is 24.6 Å². The zero-order valence-electron chi connectivity index (χ0n) is 11.5. The fourth-order valence-electron chi connectivity index (χ4n) is 2.27. The van der Waals surface area contributed by atoms with Crippen molar-refractivity contribution in [2.45, 2.75) is 0 Å². The Morgan fingerprint density at radius 3 is 1.55 bits per heavy atom. The first-order valence-corrected chi connectivity index (χ1v) is 9.20. The van der Waals surface area contributed by atoms with E-state index in [0.29, 0.717) is 15.1 Å². The Bertz CT molecular complexity index is 734. The van der Waals surface area contributed by atoms with E-state index in [4.69, 9.17) is 34.8 Å². The van der Waals surface area contributed by atoms with Gasteiger partial charge in [0.05, 0.1) is 15.1 Å². The Balaban J connectivity index is 2.21. The van der Waals surface area contributed by atoms with Gasteiger partial charge in [0.15, 0.2) is 0 Å². The largest absolute Gasteiger partial charge is 0.0827 e. The Kier molecular flexibility index (Phi) is 5.06. The first kappa shape index (κ1) is 15.8. The van der Waals surface area contributed by atoms with Crippen molar-refractivity contribution in [3.63, 3.8) is 0 Å². The summed E-state index contributed by atoms with van der Waals surface area (Å²) >= 11 is 18.8. The van der Waals surface area contributed by atoms with Crippen LogP contribution in [0.2, 0.25) is 15.1 Å². The molecule has 0 radical (unpaired) electrons. The molecule has 22 heavy (non-hydrogen) atoms. The van der Waals surface area contributed by atoms with E-state index < -0.39 is 7.92 Å². The van der Waals surface area contributed by atoms with E-state index in [1.165, 1.54) is 10.6 Å². The van der Waals surface area contributed by atoms with Crippen molar-refractivity contribution >= 4 is 58.6 Å². The van der Waals surface area contributed by atoms with Gasteiger partial charge >= 0.3 is 0 Å². The molecule has 0 spiro atoms. The zero-order chi connectivity index (χ0) is 15.5. The molecule has 0 aliphatic carbocycles. The highest BCUT2D eigenvalue weighted by molar-refractivity contribution is 7.80. The molecular weight excluding hydrogens is 354 g/mol. The highest BCUT2D eigenvalue weighted by Gasteiger charge is 2.21. The predicted octanol–water partition coefficient (Wildman–Crippen LogP) is 5.41. The van der Waals surface area contributed by atoms with Gasteiger partial charge in [0.2, 0.25) is 0 Å². The maximum atomic E-state index is 6.49. The van der Waals surface area contributed by atoms with Crippen LogP contribution in [0.25, 0.3) is 0 Å². The summed E-state index contributed by atoms with van der Waals surface area (Å²) in [5.41, 5.74) is 0. The van der Waals surface area contributed by atoms with Crippen molar-refractivity contribution in [1.29, 1.82) is 0 Å². The molecule has 3 rings (SSSR count). The minimum atomic E-state index is -0.770. The SMILES string of the molecule is Clc1ccc(P(c2ccccc2)c2ccccc2)c(Cl)c1Cl. The van der Waals surface area contributed by atoms with Gasteiger partial charge in [0.1, 0.15) is 0 Å². The summed E-state index contributed by atoms with van der Waals surface area (Å²) in [6.07, 6.45) is 0. The average Bonchev–Trinajstić information content (AvgIpc) is 2.57. The zero-order valence-corrected chi connectivity index (χ0v) is 14.7. The second-order valence-electron chi connectivity index (χ2n) is 4.70. The van der Waals surface area contributed by atoms with Crippen molar-refractivity contribution in [1.82, 2.24) is 0 Å². The van der Waals surface area contributed by atoms with Gasteiger partial charge in [-0.25, -0.2) is 0 Å². The number of rotatable bonds is 3. The molecule has 0 N–H and O–H groups in total. The fraction of sp³-hybridized carbons (Fsp3) is 0. The molecule has 0 heterocycles. The average molecular weight is 366 g/mol. The van der Waals surface area contributed by atoms with Gasteiger partial charge in [-0.15, -0.1) is 0 Å². The molecule has 0 unspecified atom stereocenters. The predicted molar refractivity (Wildman–Crippen MR) is 100 cm³/mol. The van der Waals surface area contributed by atoms with Crippen LogP contribution in [-0.4, -0.2) is 0 Å². The van der Waals surface area contributed by atoms with Crippen LogP contribution in [0, 0.1) is 0 Å². The Labute approximate surface area is 146 Å². The third kappa shape index (κ3) is 3.16. The lowest BCUT2D eigenvalue weighted by atomic mass is 10.3. The minimum absolute atomic E-state index is 0.417. The van der Waals surface area contributed by atoms with Gasteiger partial charge < -0.3 is 0 Å². The van der Waals surface area contributed by atoms with E-state index in [9.17, 15) is 0 Å². The summed E-state index contributed by atoms with van der Waals surface area (Å²) in [7, 11) is -0.770. The van der Waals surface area contributed by atoms with Crippen LogP contribution in [0.4, 0.5) is 0 Å². The van der Waals surface area contributed by atoms with E-state index in [1.807, 2.05) is 48.5 Å². The van der Waals surface area contributed by atoms with Crippen molar-refractivity contribution in [3.8, 4) is 0 Å². The molecule has 0 bridgehead atoms. The third-order valence-electron chi connectivity index (χ3n) is 3.28. The monoisotopic (exact) mass is 364 g/mol. The molecule has 110 valence electrons. The summed E-state index contributed by atoms with van der Waals surface area (Å²) in [5, 5.41) is 4.90. The summed E-state index contributed by atoms with van der Waals surface area (Å²) in [6.45, 7) is 0. The fourth-order valence-corrected chi connectivity index (χ4v) is 5.45. The molecule has 0 nitrogen and oxygen atoms in total. The van der Waals surface area contributed by atoms with Crippen molar-refractivity contribution < 1.29 is 0 Å². The minimum Gasteiger partial charge on any atom is -0.0827 e. The van der Waals surface area contributed by atoms with Crippen LogP contribution in [0.5, 0.6) is 0 Å². The van der Waals surface area contributed by atoms with Crippen molar-refractivity contribution in [2.75, 3.05) is 0 Å². The van der Waals surface area contributed by atoms with Gasteiger partial charge in [-0.2, -0.15) is 0 Å². The molecular formula is C18H12Cl3P. The first-order chi connectivity index (χ1) is 10.7. The maximum absolute atomic E-state index is 6.49. The van der Waals surface area contributed by atoms with Crippen LogP contribution < -0.4 is 15.9 Å². The van der Waals surface area contributed by atoms with Crippen LogP contribution in [0.3, 0.4) is 0 Å². The van der Waals surface area contributed by atoms with Crippen LogP contribution in [0.1, 0.15) is 0 Å². The second-order valence-corrected chi connectivity index (χ2v) is 8.05. The van der Waals surface area contributed by atoms with E-state index in [2.05, 4.69) is 24.3 Å². The highest BCUT2D eigenvalue weighted by Crippen LogP contribution is 2.39. The van der Waals surface area contributed by atoms with E-state index in [-0.39, 0.29) is 0 Å². The number of hydrogen-bond donors (Lipinski definition) is 0. The molecule has 0 amide bonds. The van der Waals surface area contributed by atoms with Gasteiger partial charge in [-0.3, -0.25) is 0 Å². The highest BCUT2D eigenvalue weighted by atomic mass is 35.5. The molecule has 0 aliphatic rings. The van der Waals surface area contributed by atoms with E-state index >= 15 is 0 Å². The van der Waals surface area contributed by atoms with Crippen molar-refractivity contribution in [3.05, 3.63) is 87.9 Å². The Morgan fingerprint density at radius 2 is 1.05 bits per heavy atom. The van der Waals surface area contributed by atoms with Crippen LogP contribution in [-0.2, 0) is 0 Å². The molecule has 3 aromatic rings. The molecule has 0 saturated heterocycles. The van der Waals surface area contributed by atoms with Gasteiger partial charge in [-0.1, -0.05) is 102 Å². The summed E-state index contributed by atoms with van der Waals surface area (Å²) < 4.78 is 0. The maximum Gasteiger partial charge on any atom is 0.0785 e. The smallest absolute Gasteiger partial charge is 0.0785 e. The quantitative estimate of drug-likeness (QED) is 0.430. The van der Waals surface area contributed by atoms with E-state index in [0.717, 1.165) is 5.30 Å². The molecule has 0 atom stereocenters. The number of hydrogen-bond acceptors (Lipinski definition) is 0. The number of halogens is 3. The molecule has 0 saturated carbocycles. The molecule has 3 aromatic carbocycles. The van der Waals surface area contributed by atoms with Gasteiger partial charge in [0.25, 0.3) is 0 Å². The lowest BCUT2D eigenvalue weighted by molar-refractivity contribution is 1.73. The summed E-state index contributed by atoms with van der Waals surface area (Å²) in [6, 6.07) is 24.5. The number of benzene rings is 3. The summed E-state index contributed by atoms with van der Waals surface area (Å²) in [4.78, 5) is 0. The third-order valence-corrected chi connectivity index (χ3v) is 7.19. The first-order valence-electron chi connectivity index (χ1n) is 6.72.